The normalized spacial score (nSPS) is 13.5. The molecule has 0 bridgehead atoms. The van der Waals surface area contributed by atoms with Crippen LogP contribution >= 0.6 is 0 Å². The van der Waals surface area contributed by atoms with E-state index in [1.54, 1.807) is 6.92 Å². The van der Waals surface area contributed by atoms with Crippen LogP contribution in [0.25, 0.3) is 0 Å². The maximum absolute atomic E-state index is 12.0. The molecule has 0 nitrogen and oxygen atoms in total. The molecule has 1 atom stereocenters. The summed E-state index contributed by atoms with van der Waals surface area (Å²) in [6, 6.07) is 0. The fraction of sp³-hybridized carbons (Fsp3) is 0.571. The average molecular weight is 168 g/mol. The second-order valence-electron chi connectivity index (χ2n) is 1.89. The maximum Gasteiger partial charge on any atom is 0.423 e. The lowest BCUT2D eigenvalue weighted by Crippen LogP contribution is -2.21. The van der Waals surface area contributed by atoms with Gasteiger partial charge in [-0.3, -0.25) is 0 Å². The van der Waals surface area contributed by atoms with Gasteiger partial charge in [0.15, 0.2) is 0 Å². The van der Waals surface area contributed by atoms with E-state index >= 15 is 0 Å². The Morgan fingerprint density at radius 2 is 2.00 bits per heavy atom. The van der Waals surface area contributed by atoms with Gasteiger partial charge in [-0.15, -0.1) is 5.73 Å². The molecule has 0 N–H and O–H groups in total. The minimum atomic E-state index is -4.80. The zero-order chi connectivity index (χ0) is 8.91. The van der Waals surface area contributed by atoms with Crippen molar-refractivity contribution >= 4 is 0 Å². The van der Waals surface area contributed by atoms with Crippen LogP contribution in [0.2, 0.25) is 0 Å². The molecule has 0 amide bonds. The van der Waals surface area contributed by atoms with Crippen molar-refractivity contribution in [2.75, 3.05) is 0 Å². The van der Waals surface area contributed by atoms with Crippen LogP contribution in [-0.2, 0) is 0 Å². The summed E-state index contributed by atoms with van der Waals surface area (Å²) in [6.45, 7) is 1.72. The van der Waals surface area contributed by atoms with Gasteiger partial charge in [0, 0.05) is 6.08 Å². The molecule has 0 aromatic rings. The van der Waals surface area contributed by atoms with Crippen molar-refractivity contribution in [3.63, 3.8) is 0 Å². The molecule has 1 unspecified atom stereocenters. The first-order chi connectivity index (χ1) is 4.98. The van der Waals surface area contributed by atoms with Crippen molar-refractivity contribution < 1.29 is 17.6 Å². The van der Waals surface area contributed by atoms with Gasteiger partial charge >= 0.3 is 6.18 Å². The van der Waals surface area contributed by atoms with Crippen molar-refractivity contribution in [1.29, 1.82) is 0 Å². The van der Waals surface area contributed by atoms with Crippen molar-refractivity contribution in [1.82, 2.24) is 0 Å². The van der Waals surface area contributed by atoms with Gasteiger partial charge in [-0.1, -0.05) is 6.92 Å². The highest BCUT2D eigenvalue weighted by Crippen LogP contribution is 2.23. The minimum absolute atomic E-state index is 0.365. The first kappa shape index (κ1) is 10.2. The number of alkyl halides is 4. The van der Waals surface area contributed by atoms with Crippen LogP contribution in [0.5, 0.6) is 0 Å². The first-order valence-electron chi connectivity index (χ1n) is 3.10. The third kappa shape index (κ3) is 4.62. The zero-order valence-electron chi connectivity index (χ0n) is 5.95. The summed E-state index contributed by atoms with van der Waals surface area (Å²) in [5.74, 6) is 0. The molecule has 4 heteroatoms. The highest BCUT2D eigenvalue weighted by Gasteiger charge is 2.38. The summed E-state index contributed by atoms with van der Waals surface area (Å²) in [5.41, 5.74) is 2.10. The summed E-state index contributed by atoms with van der Waals surface area (Å²) in [7, 11) is 0. The molecule has 0 spiro atoms. The summed E-state index contributed by atoms with van der Waals surface area (Å²) in [5, 5.41) is 0. The van der Waals surface area contributed by atoms with Crippen LogP contribution in [0.1, 0.15) is 13.3 Å². The number of hydrogen-bond acceptors (Lipinski definition) is 0. The third-order valence-corrected chi connectivity index (χ3v) is 0.877. The van der Waals surface area contributed by atoms with E-state index in [1.165, 1.54) is 6.08 Å². The predicted molar refractivity (Wildman–Crippen MR) is 33.9 cm³/mol. The maximum atomic E-state index is 12.0. The van der Waals surface area contributed by atoms with Gasteiger partial charge in [0.05, 0.1) is 0 Å². The summed E-state index contributed by atoms with van der Waals surface area (Å²) in [4.78, 5) is 0. The fourth-order valence-electron chi connectivity index (χ4n) is 0.365. The SMILES string of the molecule is CCC=C=CC(F)C(F)(F)F. The Kier molecular flexibility index (Phi) is 3.90. The lowest BCUT2D eigenvalue weighted by Gasteiger charge is -2.05. The molecular formula is C7H8F4. The van der Waals surface area contributed by atoms with Crippen LogP contribution in [0, 0.1) is 0 Å². The summed E-state index contributed by atoms with van der Waals surface area (Å²) < 4.78 is 46.2. The Morgan fingerprint density at radius 3 is 2.36 bits per heavy atom. The molecule has 0 rings (SSSR count). The molecule has 0 aliphatic heterocycles. The van der Waals surface area contributed by atoms with E-state index in [4.69, 9.17) is 0 Å². The fourth-order valence-corrected chi connectivity index (χ4v) is 0.365. The van der Waals surface area contributed by atoms with E-state index in [1.807, 2.05) is 0 Å². The summed E-state index contributed by atoms with van der Waals surface area (Å²) >= 11 is 0. The van der Waals surface area contributed by atoms with E-state index in [9.17, 15) is 17.6 Å². The largest absolute Gasteiger partial charge is 0.423 e. The molecule has 0 aromatic carbocycles. The van der Waals surface area contributed by atoms with Crippen molar-refractivity contribution in [2.24, 2.45) is 0 Å². The molecule has 0 aliphatic carbocycles. The molecule has 11 heavy (non-hydrogen) atoms. The number of rotatable bonds is 2. The molecule has 0 aromatic heterocycles. The van der Waals surface area contributed by atoms with Gasteiger partial charge in [0.2, 0.25) is 6.17 Å². The smallest absolute Gasteiger partial charge is 0.232 e. The Hall–Kier alpha value is -0.760. The van der Waals surface area contributed by atoms with Crippen molar-refractivity contribution in [2.45, 2.75) is 25.7 Å². The van der Waals surface area contributed by atoms with Crippen molar-refractivity contribution in [3.8, 4) is 0 Å². The first-order valence-corrected chi connectivity index (χ1v) is 3.10. The Bertz CT molecular complexity index is 162. The summed E-state index contributed by atoms with van der Waals surface area (Å²) in [6.07, 6.45) is -5.46. The van der Waals surface area contributed by atoms with Crippen molar-refractivity contribution in [3.05, 3.63) is 17.9 Å². The van der Waals surface area contributed by atoms with Crippen LogP contribution in [0.3, 0.4) is 0 Å². The molecule has 64 valence electrons. The van der Waals surface area contributed by atoms with Crippen LogP contribution in [0.15, 0.2) is 17.9 Å². The van der Waals surface area contributed by atoms with Gasteiger partial charge in [-0.25, -0.2) is 4.39 Å². The van der Waals surface area contributed by atoms with Gasteiger partial charge in [-0.05, 0) is 12.5 Å². The van der Waals surface area contributed by atoms with Crippen LogP contribution in [0.4, 0.5) is 17.6 Å². The topological polar surface area (TPSA) is 0 Å². The molecule has 0 heterocycles. The van der Waals surface area contributed by atoms with E-state index < -0.39 is 12.3 Å². The molecule has 0 aliphatic rings. The van der Waals surface area contributed by atoms with Crippen LogP contribution in [-0.4, -0.2) is 12.3 Å². The second kappa shape index (κ2) is 4.19. The molecule has 0 radical (unpaired) electrons. The predicted octanol–water partition coefficient (Wildman–Crippen LogP) is 3.01. The highest BCUT2D eigenvalue weighted by atomic mass is 19.4. The monoisotopic (exact) mass is 168 g/mol. The molecule has 0 fully saturated rings. The number of hydrogen-bond donors (Lipinski definition) is 0. The van der Waals surface area contributed by atoms with E-state index in [0.717, 1.165) is 0 Å². The lowest BCUT2D eigenvalue weighted by molar-refractivity contribution is -0.166. The number of halogens is 4. The highest BCUT2D eigenvalue weighted by molar-refractivity contribution is 4.92. The standard InChI is InChI=1S/C7H8F4/c1-2-3-4-5-6(8)7(9,10)11/h3,5-6H,2H2,1H3. The third-order valence-electron chi connectivity index (χ3n) is 0.877. The van der Waals surface area contributed by atoms with Gasteiger partial charge in [0.1, 0.15) is 0 Å². The molecule has 0 saturated heterocycles. The zero-order valence-corrected chi connectivity index (χ0v) is 5.95. The Morgan fingerprint density at radius 1 is 1.45 bits per heavy atom. The molecular weight excluding hydrogens is 160 g/mol. The number of allylic oxidation sites excluding steroid dienone is 1. The van der Waals surface area contributed by atoms with Gasteiger partial charge in [-0.2, -0.15) is 13.2 Å². The van der Waals surface area contributed by atoms with Gasteiger partial charge < -0.3 is 0 Å². The quantitative estimate of drug-likeness (QED) is 0.439. The molecule has 0 saturated carbocycles. The van der Waals surface area contributed by atoms with E-state index in [2.05, 4.69) is 5.73 Å². The lowest BCUT2D eigenvalue weighted by atomic mass is 10.3. The van der Waals surface area contributed by atoms with Gasteiger partial charge in [0.25, 0.3) is 0 Å². The Balaban J connectivity index is 4.07. The average Bonchev–Trinajstić information content (AvgIpc) is 1.86. The van der Waals surface area contributed by atoms with Crippen LogP contribution < -0.4 is 0 Å². The minimum Gasteiger partial charge on any atom is -0.232 e. The van der Waals surface area contributed by atoms with E-state index in [0.29, 0.717) is 12.5 Å². The second-order valence-corrected chi connectivity index (χ2v) is 1.89. The Labute approximate surface area is 62.2 Å². The van der Waals surface area contributed by atoms with E-state index in [-0.39, 0.29) is 0 Å².